The van der Waals surface area contributed by atoms with Gasteiger partial charge in [-0.05, 0) is 49.4 Å². The van der Waals surface area contributed by atoms with Gasteiger partial charge in [0.2, 0.25) is 11.8 Å². The van der Waals surface area contributed by atoms with Crippen LogP contribution in [0.1, 0.15) is 67.4 Å². The van der Waals surface area contributed by atoms with Gasteiger partial charge in [-0.2, -0.15) is 0 Å². The number of nitrogens with zero attached hydrogens (tertiary/aromatic N) is 1. The van der Waals surface area contributed by atoms with Crippen molar-refractivity contribution in [3.63, 3.8) is 0 Å². The molecular weight excluding hydrogens is 356 g/mol. The van der Waals surface area contributed by atoms with Gasteiger partial charge in [-0.3, -0.25) is 19.7 Å². The molecule has 4 N–H and O–H groups in total. The van der Waals surface area contributed by atoms with E-state index in [1.807, 2.05) is 18.2 Å². The summed E-state index contributed by atoms with van der Waals surface area (Å²) < 4.78 is 0. The lowest BCUT2D eigenvalue weighted by Gasteiger charge is -2.29. The summed E-state index contributed by atoms with van der Waals surface area (Å²) in [6, 6.07) is 5.32. The van der Waals surface area contributed by atoms with E-state index in [0.717, 1.165) is 36.9 Å². The first-order valence-electron chi connectivity index (χ1n) is 10.1. The maximum atomic E-state index is 12.8. The van der Waals surface area contributed by atoms with Crippen LogP contribution in [-0.4, -0.2) is 40.7 Å². The molecule has 0 aromatic heterocycles. The first-order valence-corrected chi connectivity index (χ1v) is 10.1. The summed E-state index contributed by atoms with van der Waals surface area (Å²) in [4.78, 5) is 37.9. The molecule has 0 bridgehead atoms. The van der Waals surface area contributed by atoms with Crippen LogP contribution in [0.5, 0.6) is 0 Å². The molecule has 7 heteroatoms. The number of nitrogens with one attached hydrogen (secondary N) is 2. The first kappa shape index (κ1) is 20.5. The van der Waals surface area contributed by atoms with Crippen LogP contribution in [0.4, 0.5) is 0 Å². The molecule has 0 radical (unpaired) electrons. The predicted molar refractivity (Wildman–Crippen MR) is 106 cm³/mol. The van der Waals surface area contributed by atoms with Crippen molar-refractivity contribution in [3.05, 3.63) is 34.9 Å². The first-order chi connectivity index (χ1) is 13.4. The maximum Gasteiger partial charge on any atom is 0.255 e. The molecule has 2 aliphatic heterocycles. The molecule has 1 aromatic rings. The Morgan fingerprint density at radius 2 is 2.00 bits per heavy atom. The molecule has 7 nitrogen and oxygen atoms in total. The molecule has 0 spiro atoms. The molecule has 28 heavy (non-hydrogen) atoms. The Bertz CT molecular complexity index is 773. The predicted octanol–water partition coefficient (Wildman–Crippen LogP) is 1.44. The van der Waals surface area contributed by atoms with E-state index >= 15 is 0 Å². The van der Waals surface area contributed by atoms with Gasteiger partial charge in [-0.25, -0.2) is 0 Å². The van der Waals surface area contributed by atoms with E-state index in [1.165, 1.54) is 0 Å². The van der Waals surface area contributed by atoms with Crippen molar-refractivity contribution in [1.82, 2.24) is 15.5 Å². The molecular formula is C21H30N4O3. The molecule has 3 amide bonds. The van der Waals surface area contributed by atoms with Crippen LogP contribution in [0.3, 0.4) is 0 Å². The molecule has 0 saturated carbocycles. The van der Waals surface area contributed by atoms with Gasteiger partial charge in [0, 0.05) is 30.6 Å². The molecule has 1 aromatic carbocycles. The fourth-order valence-corrected chi connectivity index (χ4v) is 3.89. The second kappa shape index (κ2) is 8.41. The van der Waals surface area contributed by atoms with E-state index in [-0.39, 0.29) is 29.7 Å². The van der Waals surface area contributed by atoms with E-state index in [2.05, 4.69) is 24.5 Å². The third kappa shape index (κ3) is 4.25. The number of hydrogen-bond acceptors (Lipinski definition) is 5. The number of nitrogens with two attached hydrogens (primary N) is 1. The van der Waals surface area contributed by atoms with Crippen LogP contribution in [0.15, 0.2) is 18.2 Å². The van der Waals surface area contributed by atoms with Crippen LogP contribution in [-0.2, 0) is 22.7 Å². The van der Waals surface area contributed by atoms with Crippen LogP contribution >= 0.6 is 0 Å². The Hall–Kier alpha value is -2.25. The number of rotatable bonds is 8. The zero-order valence-electron chi connectivity index (χ0n) is 16.7. The number of imide groups is 1. The zero-order chi connectivity index (χ0) is 20.3. The second-order valence-corrected chi connectivity index (χ2v) is 7.89. The number of benzene rings is 1. The van der Waals surface area contributed by atoms with E-state index < -0.39 is 6.04 Å². The highest BCUT2D eigenvalue weighted by Gasteiger charge is 2.39. The molecule has 1 unspecified atom stereocenters. The monoisotopic (exact) mass is 386 g/mol. The van der Waals surface area contributed by atoms with Crippen molar-refractivity contribution in [1.29, 1.82) is 0 Å². The Morgan fingerprint density at radius 1 is 1.25 bits per heavy atom. The highest BCUT2D eigenvalue weighted by atomic mass is 16.2. The van der Waals surface area contributed by atoms with E-state index in [9.17, 15) is 14.4 Å². The largest absolute Gasteiger partial charge is 0.325 e. The molecule has 1 fully saturated rings. The molecule has 0 aliphatic carbocycles. The normalized spacial score (nSPS) is 19.8. The number of hydrogen-bond donors (Lipinski definition) is 3. The van der Waals surface area contributed by atoms with Crippen LogP contribution in [0.2, 0.25) is 0 Å². The van der Waals surface area contributed by atoms with Gasteiger partial charge >= 0.3 is 0 Å². The van der Waals surface area contributed by atoms with Gasteiger partial charge in [0.15, 0.2) is 0 Å². The van der Waals surface area contributed by atoms with Crippen molar-refractivity contribution < 1.29 is 14.4 Å². The zero-order valence-corrected chi connectivity index (χ0v) is 16.7. The minimum Gasteiger partial charge on any atom is -0.325 e. The summed E-state index contributed by atoms with van der Waals surface area (Å²) in [6.45, 7) is 6.14. The summed E-state index contributed by atoms with van der Waals surface area (Å²) in [5.41, 5.74) is 8.82. The van der Waals surface area contributed by atoms with Gasteiger partial charge in [-0.15, -0.1) is 0 Å². The SMILES string of the molecule is CCC(N)(CC)CCNCc1ccc2c(c1)C(=O)N(C1CCC(=O)NC1=O)C2. The minimum absolute atomic E-state index is 0.122. The molecule has 3 rings (SSSR count). The fourth-order valence-electron chi connectivity index (χ4n) is 3.89. The quantitative estimate of drug-likeness (QED) is 0.463. The average molecular weight is 386 g/mol. The van der Waals surface area contributed by atoms with Crippen LogP contribution in [0.25, 0.3) is 0 Å². The lowest BCUT2D eigenvalue weighted by atomic mass is 9.90. The van der Waals surface area contributed by atoms with Crippen molar-refractivity contribution in [2.75, 3.05) is 6.54 Å². The Kier molecular flexibility index (Phi) is 6.15. The minimum atomic E-state index is -0.570. The molecule has 2 aliphatic rings. The molecule has 2 heterocycles. The smallest absolute Gasteiger partial charge is 0.255 e. The number of fused-ring (bicyclic) bond motifs is 1. The van der Waals surface area contributed by atoms with Crippen molar-refractivity contribution in [2.45, 2.75) is 70.6 Å². The number of piperidine rings is 1. The van der Waals surface area contributed by atoms with Crippen molar-refractivity contribution in [3.8, 4) is 0 Å². The molecule has 1 saturated heterocycles. The van der Waals surface area contributed by atoms with Crippen molar-refractivity contribution >= 4 is 17.7 Å². The fraction of sp³-hybridized carbons (Fsp3) is 0.571. The lowest BCUT2D eigenvalue weighted by molar-refractivity contribution is -0.136. The second-order valence-electron chi connectivity index (χ2n) is 7.89. The highest BCUT2D eigenvalue weighted by Crippen LogP contribution is 2.28. The third-order valence-electron chi connectivity index (χ3n) is 6.13. The maximum absolute atomic E-state index is 12.8. The Labute approximate surface area is 166 Å². The summed E-state index contributed by atoms with van der Waals surface area (Å²) in [5, 5.41) is 5.74. The lowest BCUT2D eigenvalue weighted by Crippen LogP contribution is -2.52. The number of carbonyl (C=O) groups is 3. The van der Waals surface area contributed by atoms with Crippen LogP contribution in [0, 0.1) is 0 Å². The van der Waals surface area contributed by atoms with Crippen LogP contribution < -0.4 is 16.4 Å². The van der Waals surface area contributed by atoms with Gasteiger partial charge in [-0.1, -0.05) is 26.0 Å². The average Bonchev–Trinajstić information content (AvgIpc) is 3.01. The number of amides is 3. The van der Waals surface area contributed by atoms with Gasteiger partial charge in [0.25, 0.3) is 5.91 Å². The third-order valence-corrected chi connectivity index (χ3v) is 6.13. The van der Waals surface area contributed by atoms with Gasteiger partial charge < -0.3 is 16.0 Å². The molecule has 1 atom stereocenters. The van der Waals surface area contributed by atoms with E-state index in [1.54, 1.807) is 4.90 Å². The van der Waals surface area contributed by atoms with Crippen molar-refractivity contribution in [2.24, 2.45) is 5.73 Å². The van der Waals surface area contributed by atoms with Gasteiger partial charge in [0.05, 0.1) is 0 Å². The Morgan fingerprint density at radius 3 is 2.68 bits per heavy atom. The summed E-state index contributed by atoms with van der Waals surface area (Å²) in [7, 11) is 0. The Balaban J connectivity index is 1.59. The standard InChI is InChI=1S/C21H30N4O3/c1-3-21(22,4-2)9-10-23-12-14-5-6-15-13-25(20(28)16(15)11-14)17-7-8-18(26)24-19(17)27/h5-6,11,17,23H,3-4,7-10,12-13,22H2,1-2H3,(H,24,26,27). The summed E-state index contributed by atoms with van der Waals surface area (Å²) >= 11 is 0. The highest BCUT2D eigenvalue weighted by molar-refractivity contribution is 6.05. The summed E-state index contributed by atoms with van der Waals surface area (Å²) in [5.74, 6) is -0.785. The van der Waals surface area contributed by atoms with E-state index in [0.29, 0.717) is 25.1 Å². The van der Waals surface area contributed by atoms with E-state index in [4.69, 9.17) is 5.73 Å². The molecule has 152 valence electrons. The summed E-state index contributed by atoms with van der Waals surface area (Å²) in [6.07, 6.45) is 3.47. The topological polar surface area (TPSA) is 105 Å². The van der Waals surface area contributed by atoms with Gasteiger partial charge in [0.1, 0.15) is 6.04 Å². The number of carbonyl (C=O) groups excluding carboxylic acids is 3.